The van der Waals surface area contributed by atoms with E-state index in [1.54, 1.807) is 19.3 Å². The van der Waals surface area contributed by atoms with Crippen LogP contribution in [0.3, 0.4) is 0 Å². The van der Waals surface area contributed by atoms with Gasteiger partial charge in [0.15, 0.2) is 0 Å². The maximum absolute atomic E-state index is 3.92. The molecule has 0 aromatic rings. The molecule has 0 heterocycles. The van der Waals surface area contributed by atoms with E-state index in [2.05, 4.69) is 19.2 Å². The van der Waals surface area contributed by atoms with Gasteiger partial charge >= 0.3 is 0 Å². The molecule has 5 atom stereocenters. The lowest BCUT2D eigenvalue weighted by Crippen LogP contribution is -2.34. The Morgan fingerprint density at radius 1 is 0.900 bits per heavy atom. The Balaban J connectivity index is 1.44. The number of fused-ring (bicyclic) bond motifs is 5. The van der Waals surface area contributed by atoms with Gasteiger partial charge in [0.05, 0.1) is 0 Å². The van der Waals surface area contributed by atoms with E-state index in [0.29, 0.717) is 0 Å². The van der Waals surface area contributed by atoms with Gasteiger partial charge in [-0.15, -0.1) is 0 Å². The Kier molecular flexibility index (Phi) is 5.07. The van der Waals surface area contributed by atoms with Crippen molar-refractivity contribution in [3.8, 4) is 0 Å². The zero-order chi connectivity index (χ0) is 13.9. The largest absolute Gasteiger partial charge is 0.314 e. The van der Waals surface area contributed by atoms with Crippen molar-refractivity contribution in [3.63, 3.8) is 0 Å². The Morgan fingerprint density at radius 2 is 1.60 bits per heavy atom. The van der Waals surface area contributed by atoms with E-state index in [4.69, 9.17) is 0 Å². The molecule has 3 rings (SSSR count). The van der Waals surface area contributed by atoms with Gasteiger partial charge in [0.1, 0.15) is 0 Å². The van der Waals surface area contributed by atoms with Crippen molar-refractivity contribution in [2.75, 3.05) is 6.54 Å². The molecule has 3 aliphatic rings. The third-order valence-electron chi connectivity index (χ3n) is 6.53. The Hall–Kier alpha value is -0.0400. The van der Waals surface area contributed by atoms with Gasteiger partial charge < -0.3 is 5.32 Å². The van der Waals surface area contributed by atoms with Crippen LogP contribution in [0.25, 0.3) is 0 Å². The maximum atomic E-state index is 3.92. The summed E-state index contributed by atoms with van der Waals surface area (Å²) in [4.78, 5) is 0. The molecule has 0 aliphatic heterocycles. The summed E-state index contributed by atoms with van der Waals surface area (Å²) in [6, 6.07) is 0.870. The van der Waals surface area contributed by atoms with Crippen LogP contribution in [0.4, 0.5) is 0 Å². The molecular formula is C19H35N. The summed E-state index contributed by atoms with van der Waals surface area (Å²) >= 11 is 0. The van der Waals surface area contributed by atoms with Crippen LogP contribution in [0.5, 0.6) is 0 Å². The maximum Gasteiger partial charge on any atom is 0.0101 e. The molecule has 0 aromatic carbocycles. The molecular weight excluding hydrogens is 242 g/mol. The third kappa shape index (κ3) is 2.93. The minimum Gasteiger partial charge on any atom is -0.314 e. The minimum atomic E-state index is 0.870. The lowest BCUT2D eigenvalue weighted by Gasteiger charge is -2.22. The monoisotopic (exact) mass is 277 g/mol. The zero-order valence-corrected chi connectivity index (χ0v) is 13.7. The average molecular weight is 277 g/mol. The van der Waals surface area contributed by atoms with E-state index in [1.165, 1.54) is 51.5 Å². The molecule has 0 saturated heterocycles. The van der Waals surface area contributed by atoms with Crippen molar-refractivity contribution >= 4 is 0 Å². The molecule has 0 spiro atoms. The van der Waals surface area contributed by atoms with Crippen molar-refractivity contribution in [1.82, 2.24) is 5.32 Å². The first-order chi connectivity index (χ1) is 9.86. The first kappa shape index (κ1) is 14.9. The van der Waals surface area contributed by atoms with Gasteiger partial charge in [-0.05, 0) is 68.2 Å². The van der Waals surface area contributed by atoms with Crippen LogP contribution in [0.15, 0.2) is 0 Å². The molecule has 1 heteroatoms. The second-order valence-corrected chi connectivity index (χ2v) is 7.83. The number of hydrogen-bond acceptors (Lipinski definition) is 1. The minimum absolute atomic E-state index is 0.870. The average Bonchev–Trinajstić information content (AvgIpc) is 2.89. The SMILES string of the molecule is CCCCCCCC(NCCC)C1C2C3CCC(C3)C21. The van der Waals surface area contributed by atoms with Crippen LogP contribution >= 0.6 is 0 Å². The highest BCUT2D eigenvalue weighted by molar-refractivity contribution is 5.15. The lowest BCUT2D eigenvalue weighted by atomic mass is 9.94. The normalized spacial score (nSPS) is 39.0. The van der Waals surface area contributed by atoms with E-state index in [-0.39, 0.29) is 0 Å². The van der Waals surface area contributed by atoms with Gasteiger partial charge in [0.25, 0.3) is 0 Å². The predicted molar refractivity (Wildman–Crippen MR) is 86.8 cm³/mol. The van der Waals surface area contributed by atoms with Gasteiger partial charge in [-0.1, -0.05) is 46.0 Å². The van der Waals surface area contributed by atoms with Crippen molar-refractivity contribution in [3.05, 3.63) is 0 Å². The fourth-order valence-electron chi connectivity index (χ4n) is 5.66. The van der Waals surface area contributed by atoms with Crippen molar-refractivity contribution in [2.45, 2.75) is 84.1 Å². The van der Waals surface area contributed by atoms with E-state index >= 15 is 0 Å². The van der Waals surface area contributed by atoms with Crippen LogP contribution in [0.2, 0.25) is 0 Å². The van der Waals surface area contributed by atoms with Crippen LogP contribution < -0.4 is 5.32 Å². The molecule has 20 heavy (non-hydrogen) atoms. The smallest absolute Gasteiger partial charge is 0.0101 e. The molecule has 116 valence electrons. The molecule has 0 radical (unpaired) electrons. The first-order valence-corrected chi connectivity index (χ1v) is 9.60. The zero-order valence-electron chi connectivity index (χ0n) is 13.7. The number of rotatable bonds is 10. The molecule has 2 bridgehead atoms. The molecule has 3 aliphatic carbocycles. The van der Waals surface area contributed by atoms with Gasteiger partial charge in [0, 0.05) is 6.04 Å². The van der Waals surface area contributed by atoms with Crippen LogP contribution in [-0.2, 0) is 0 Å². The molecule has 0 aromatic heterocycles. The molecule has 1 nitrogen and oxygen atoms in total. The van der Waals surface area contributed by atoms with Crippen LogP contribution in [0.1, 0.15) is 78.1 Å². The highest BCUT2D eigenvalue weighted by Gasteiger charge is 2.66. The number of hydrogen-bond donors (Lipinski definition) is 1. The second kappa shape index (κ2) is 6.81. The highest BCUT2D eigenvalue weighted by Crippen LogP contribution is 2.70. The Labute approximate surface area is 126 Å². The quantitative estimate of drug-likeness (QED) is 0.554. The van der Waals surface area contributed by atoms with Gasteiger partial charge in [0.2, 0.25) is 0 Å². The molecule has 3 saturated carbocycles. The number of unbranched alkanes of at least 4 members (excludes halogenated alkanes) is 4. The molecule has 1 N–H and O–H groups in total. The molecule has 5 unspecified atom stereocenters. The summed E-state index contributed by atoms with van der Waals surface area (Å²) in [6.07, 6.45) is 14.7. The van der Waals surface area contributed by atoms with Gasteiger partial charge in [-0.25, -0.2) is 0 Å². The number of nitrogens with one attached hydrogen (secondary N) is 1. The first-order valence-electron chi connectivity index (χ1n) is 9.60. The van der Waals surface area contributed by atoms with E-state index in [9.17, 15) is 0 Å². The fraction of sp³-hybridized carbons (Fsp3) is 1.00. The Bertz CT molecular complexity index is 284. The van der Waals surface area contributed by atoms with E-state index in [0.717, 1.165) is 35.6 Å². The van der Waals surface area contributed by atoms with E-state index in [1.807, 2.05) is 0 Å². The summed E-state index contributed by atoms with van der Waals surface area (Å²) in [5.41, 5.74) is 0. The summed E-state index contributed by atoms with van der Waals surface area (Å²) in [5, 5.41) is 3.92. The lowest BCUT2D eigenvalue weighted by molar-refractivity contribution is 0.340. The topological polar surface area (TPSA) is 12.0 Å². The summed E-state index contributed by atoms with van der Waals surface area (Å²) < 4.78 is 0. The summed E-state index contributed by atoms with van der Waals surface area (Å²) in [6.45, 7) is 5.86. The van der Waals surface area contributed by atoms with Crippen molar-refractivity contribution in [2.24, 2.45) is 29.6 Å². The second-order valence-electron chi connectivity index (χ2n) is 7.83. The van der Waals surface area contributed by atoms with Crippen LogP contribution in [-0.4, -0.2) is 12.6 Å². The molecule has 0 amide bonds. The standard InChI is InChI=1S/C19H35N/c1-3-5-6-7-8-9-16(20-12-4-2)19-17-14-10-11-15(13-14)18(17)19/h14-20H,3-13H2,1-2H3. The summed E-state index contributed by atoms with van der Waals surface area (Å²) in [7, 11) is 0. The van der Waals surface area contributed by atoms with E-state index < -0.39 is 0 Å². The summed E-state index contributed by atoms with van der Waals surface area (Å²) in [5.74, 6) is 5.67. The fourth-order valence-corrected chi connectivity index (χ4v) is 5.66. The van der Waals surface area contributed by atoms with Gasteiger partial charge in [-0.2, -0.15) is 0 Å². The van der Waals surface area contributed by atoms with Crippen molar-refractivity contribution < 1.29 is 0 Å². The Morgan fingerprint density at radius 3 is 2.25 bits per heavy atom. The van der Waals surface area contributed by atoms with Crippen molar-refractivity contribution in [1.29, 1.82) is 0 Å². The predicted octanol–water partition coefficient (Wildman–Crippen LogP) is 5.01. The highest BCUT2D eigenvalue weighted by atomic mass is 14.9. The van der Waals surface area contributed by atoms with Gasteiger partial charge in [-0.3, -0.25) is 0 Å². The van der Waals surface area contributed by atoms with Crippen LogP contribution in [0, 0.1) is 29.6 Å². The molecule has 3 fully saturated rings. The third-order valence-corrected chi connectivity index (χ3v) is 6.53.